The number of carbonyl (C=O) groups is 1. The lowest BCUT2D eigenvalue weighted by Crippen LogP contribution is -2.50. The molecule has 0 aliphatic heterocycles. The molecule has 0 unspecified atom stereocenters. The molecule has 1 amide bonds. The predicted octanol–water partition coefficient (Wildman–Crippen LogP) is 4.33. The van der Waals surface area contributed by atoms with Crippen molar-refractivity contribution in [1.82, 2.24) is 5.32 Å². The van der Waals surface area contributed by atoms with Crippen molar-refractivity contribution in [1.29, 1.82) is 0 Å². The number of ether oxygens (including phenoxy) is 1. The van der Waals surface area contributed by atoms with Crippen LogP contribution in [0.3, 0.4) is 0 Å². The highest BCUT2D eigenvalue weighted by atomic mass is 28.4. The summed E-state index contributed by atoms with van der Waals surface area (Å²) in [4.78, 5) is 11.9. The van der Waals surface area contributed by atoms with E-state index in [1.807, 2.05) is 20.8 Å². The van der Waals surface area contributed by atoms with Crippen LogP contribution >= 0.6 is 0 Å². The standard InChI is InChI=1S/C18H40N2O5Si.BF4/c1-7-20(8-2,9-3)15-16-22-18(21)19-14-13-17-26(23-10-4,24-11-5)25-12-6;2-1(3,4)5/h7-17H2,1-6H3;/q;-1/p+1. The van der Waals surface area contributed by atoms with E-state index in [4.69, 9.17) is 18.0 Å². The average molecular weight is 480 g/mol. The Labute approximate surface area is 185 Å². The van der Waals surface area contributed by atoms with Crippen molar-refractivity contribution in [2.75, 3.05) is 59.2 Å². The van der Waals surface area contributed by atoms with Crippen LogP contribution < -0.4 is 5.32 Å². The number of nitrogens with one attached hydrogen (secondary N) is 1. The lowest BCUT2D eigenvalue weighted by atomic mass is 10.3. The van der Waals surface area contributed by atoms with Gasteiger partial charge in [-0.1, -0.05) is 0 Å². The van der Waals surface area contributed by atoms with E-state index in [1.54, 1.807) is 0 Å². The van der Waals surface area contributed by atoms with Gasteiger partial charge in [0, 0.05) is 32.4 Å². The number of hydrogen-bond acceptors (Lipinski definition) is 5. The molecule has 1 N–H and O–H groups in total. The van der Waals surface area contributed by atoms with Crippen molar-refractivity contribution in [3.05, 3.63) is 0 Å². The minimum Gasteiger partial charge on any atom is -0.444 e. The summed E-state index contributed by atoms with van der Waals surface area (Å²) in [5.41, 5.74) is 0. The molecule has 0 saturated heterocycles. The summed E-state index contributed by atoms with van der Waals surface area (Å²) in [6, 6.07) is 0.685. The number of likely N-dealkylation sites (N-methyl/N-ethyl adjacent to an activating group) is 1. The van der Waals surface area contributed by atoms with Gasteiger partial charge in [0.15, 0.2) is 0 Å². The summed E-state index contributed by atoms with van der Waals surface area (Å²) >= 11 is 0. The average Bonchev–Trinajstić information content (AvgIpc) is 2.68. The molecule has 188 valence electrons. The summed E-state index contributed by atoms with van der Waals surface area (Å²) in [6.07, 6.45) is 0.378. The summed E-state index contributed by atoms with van der Waals surface area (Å²) < 4.78 is 62.7. The number of halogens is 4. The number of quaternary nitrogens is 1. The Morgan fingerprint density at radius 1 is 0.871 bits per heavy atom. The molecular weight excluding hydrogens is 439 g/mol. The Balaban J connectivity index is 0. The van der Waals surface area contributed by atoms with E-state index in [9.17, 15) is 22.1 Å². The van der Waals surface area contributed by atoms with Crippen molar-refractivity contribution in [3.8, 4) is 0 Å². The molecule has 0 atom stereocenters. The van der Waals surface area contributed by atoms with Gasteiger partial charge in [-0.05, 0) is 48.0 Å². The maximum atomic E-state index is 11.9. The van der Waals surface area contributed by atoms with E-state index in [-0.39, 0.29) is 6.09 Å². The third-order valence-corrected chi connectivity index (χ3v) is 7.98. The van der Waals surface area contributed by atoms with E-state index in [0.717, 1.165) is 37.1 Å². The molecule has 0 fully saturated rings. The minimum absolute atomic E-state index is 0.358. The van der Waals surface area contributed by atoms with Crippen LogP contribution in [-0.4, -0.2) is 85.8 Å². The van der Waals surface area contributed by atoms with Crippen LogP contribution in [0.1, 0.15) is 48.0 Å². The first-order valence-electron chi connectivity index (χ1n) is 11.0. The van der Waals surface area contributed by atoms with Crippen molar-refractivity contribution in [2.24, 2.45) is 0 Å². The molecule has 0 rings (SSSR count). The normalized spacial score (nSPS) is 12.2. The molecule has 31 heavy (non-hydrogen) atoms. The van der Waals surface area contributed by atoms with Gasteiger partial charge in [-0.3, -0.25) is 0 Å². The molecule has 0 aromatic heterocycles. The lowest BCUT2D eigenvalue weighted by molar-refractivity contribution is -0.923. The summed E-state index contributed by atoms with van der Waals surface area (Å²) in [5.74, 6) is 0. The van der Waals surface area contributed by atoms with Crippen molar-refractivity contribution in [3.63, 3.8) is 0 Å². The maximum Gasteiger partial charge on any atom is 0.673 e. The zero-order valence-corrected chi connectivity index (χ0v) is 20.9. The summed E-state index contributed by atoms with van der Waals surface area (Å²) in [5, 5.41) is 2.81. The number of alkyl carbamates (subject to hydrolysis) is 1. The molecule has 0 bridgehead atoms. The Kier molecular flexibility index (Phi) is 18.4. The van der Waals surface area contributed by atoms with Gasteiger partial charge in [0.1, 0.15) is 13.2 Å². The lowest BCUT2D eigenvalue weighted by Gasteiger charge is -2.35. The maximum absolute atomic E-state index is 11.9. The minimum atomic E-state index is -6.00. The molecule has 0 aromatic carbocycles. The van der Waals surface area contributed by atoms with Crippen LogP contribution in [0.25, 0.3) is 0 Å². The van der Waals surface area contributed by atoms with E-state index < -0.39 is 16.1 Å². The second-order valence-electron chi connectivity index (χ2n) is 6.66. The van der Waals surface area contributed by atoms with Crippen LogP contribution in [-0.2, 0) is 18.0 Å². The van der Waals surface area contributed by atoms with Gasteiger partial charge >= 0.3 is 22.2 Å². The van der Waals surface area contributed by atoms with Gasteiger partial charge in [-0.15, -0.1) is 0 Å². The topological polar surface area (TPSA) is 66.0 Å². The van der Waals surface area contributed by atoms with E-state index >= 15 is 0 Å². The molecule has 7 nitrogen and oxygen atoms in total. The number of rotatable bonds is 16. The fourth-order valence-corrected chi connectivity index (χ4v) is 5.64. The van der Waals surface area contributed by atoms with E-state index in [2.05, 4.69) is 26.1 Å². The molecule has 0 spiro atoms. The van der Waals surface area contributed by atoms with Gasteiger partial charge in [-0.25, -0.2) is 4.79 Å². The molecule has 0 saturated carbocycles. The van der Waals surface area contributed by atoms with Gasteiger partial charge in [0.05, 0.1) is 19.6 Å². The molecule has 0 radical (unpaired) electrons. The zero-order chi connectivity index (χ0) is 24.4. The molecule has 0 aliphatic carbocycles. The second kappa shape index (κ2) is 17.6. The second-order valence-corrected chi connectivity index (χ2v) is 9.39. The van der Waals surface area contributed by atoms with Crippen LogP contribution in [0.5, 0.6) is 0 Å². The zero-order valence-electron chi connectivity index (χ0n) is 19.9. The third kappa shape index (κ3) is 17.4. The third-order valence-electron chi connectivity index (χ3n) is 4.83. The Morgan fingerprint density at radius 2 is 1.29 bits per heavy atom. The van der Waals surface area contributed by atoms with Crippen molar-refractivity contribution in [2.45, 2.75) is 54.0 Å². The quantitative estimate of drug-likeness (QED) is 0.154. The molecular formula is C18H41BF4N2O5Si. The largest absolute Gasteiger partial charge is 0.673 e. The van der Waals surface area contributed by atoms with Gasteiger partial charge in [0.2, 0.25) is 0 Å². The van der Waals surface area contributed by atoms with E-state index in [0.29, 0.717) is 39.0 Å². The first kappa shape index (κ1) is 32.3. The number of carbonyl (C=O) groups excluding carboxylic acids is 1. The van der Waals surface area contributed by atoms with Crippen molar-refractivity contribution >= 4 is 22.2 Å². The first-order chi connectivity index (χ1) is 14.5. The molecule has 0 aromatic rings. The monoisotopic (exact) mass is 480 g/mol. The predicted molar refractivity (Wildman–Crippen MR) is 116 cm³/mol. The van der Waals surface area contributed by atoms with Gasteiger partial charge < -0.3 is 45.1 Å². The summed E-state index contributed by atoms with van der Waals surface area (Å²) in [7, 11) is -8.63. The van der Waals surface area contributed by atoms with Crippen LogP contribution in [0.15, 0.2) is 0 Å². The molecule has 0 aliphatic rings. The number of nitrogens with zero attached hydrogens (tertiary/aromatic N) is 1. The smallest absolute Gasteiger partial charge is 0.444 e. The number of hydrogen-bond donors (Lipinski definition) is 1. The van der Waals surface area contributed by atoms with Gasteiger partial charge in [-0.2, -0.15) is 0 Å². The highest BCUT2D eigenvalue weighted by Crippen LogP contribution is 2.17. The Bertz CT molecular complexity index is 430. The van der Waals surface area contributed by atoms with E-state index in [1.165, 1.54) is 0 Å². The van der Waals surface area contributed by atoms with Crippen LogP contribution in [0.4, 0.5) is 22.1 Å². The number of amides is 1. The van der Waals surface area contributed by atoms with Gasteiger partial charge in [0.25, 0.3) is 0 Å². The molecule has 0 heterocycles. The highest BCUT2D eigenvalue weighted by molar-refractivity contribution is 6.60. The van der Waals surface area contributed by atoms with Crippen LogP contribution in [0, 0.1) is 0 Å². The fourth-order valence-electron chi connectivity index (χ4n) is 3.02. The highest BCUT2D eigenvalue weighted by Gasteiger charge is 2.39. The summed E-state index contributed by atoms with van der Waals surface area (Å²) in [6.45, 7) is 19.0. The van der Waals surface area contributed by atoms with Crippen LogP contribution in [0.2, 0.25) is 6.04 Å². The molecule has 13 heteroatoms. The van der Waals surface area contributed by atoms with Crippen molar-refractivity contribution < 1.29 is 44.6 Å². The Morgan fingerprint density at radius 3 is 1.65 bits per heavy atom. The SMILES string of the molecule is CCO[Si](CCCNC(=O)OCC[N+](CC)(CC)CC)(OCC)OCC.F[B-](F)(F)F. The first-order valence-corrected chi connectivity index (χ1v) is 12.9. The Hall–Kier alpha value is -0.888. The fraction of sp³-hybridized carbons (Fsp3) is 0.944.